The number of phenolic OH excluding ortho intramolecular Hbond substituents is 1. The molecule has 0 saturated heterocycles. The minimum atomic E-state index is -0.911. The zero-order chi connectivity index (χ0) is 24.3. The molecule has 1 amide bonds. The van der Waals surface area contributed by atoms with Gasteiger partial charge in [0.25, 0.3) is 11.5 Å². The molecule has 33 heavy (non-hydrogen) atoms. The molecular formula is C25H25FN2O5. The number of methoxy groups -OCH3 is 1. The van der Waals surface area contributed by atoms with Crippen molar-refractivity contribution < 1.29 is 23.8 Å². The van der Waals surface area contributed by atoms with Crippen LogP contribution in [0.1, 0.15) is 47.9 Å². The highest BCUT2D eigenvalue weighted by atomic mass is 19.1. The fourth-order valence-electron chi connectivity index (χ4n) is 3.41. The monoisotopic (exact) mass is 452 g/mol. The number of ketones is 1. The van der Waals surface area contributed by atoms with Crippen molar-refractivity contribution in [3.63, 3.8) is 0 Å². The molecule has 0 aliphatic heterocycles. The molecule has 0 saturated carbocycles. The van der Waals surface area contributed by atoms with Crippen LogP contribution < -0.4 is 15.6 Å². The maximum atomic E-state index is 14.2. The summed E-state index contributed by atoms with van der Waals surface area (Å²) in [6, 6.07) is 9.43. The van der Waals surface area contributed by atoms with Gasteiger partial charge in [-0.2, -0.15) is 0 Å². The van der Waals surface area contributed by atoms with Crippen molar-refractivity contribution in [3.05, 3.63) is 76.0 Å². The second kappa shape index (κ2) is 9.28. The molecule has 0 aliphatic rings. The number of H-pyrrole nitrogens is 1. The van der Waals surface area contributed by atoms with Gasteiger partial charge in [-0.1, -0.05) is 20.8 Å². The Balaban J connectivity index is 2.16. The normalized spacial score (nSPS) is 11.2. The van der Waals surface area contributed by atoms with E-state index in [1.807, 2.05) is 20.8 Å². The van der Waals surface area contributed by atoms with Gasteiger partial charge in [-0.3, -0.25) is 14.4 Å². The fraction of sp³-hybridized carbons (Fsp3) is 0.240. The van der Waals surface area contributed by atoms with E-state index in [0.29, 0.717) is 5.56 Å². The Hall–Kier alpha value is -3.94. The van der Waals surface area contributed by atoms with E-state index in [1.54, 1.807) is 18.2 Å². The molecule has 0 atom stereocenters. The van der Waals surface area contributed by atoms with Crippen LogP contribution in [0.4, 0.5) is 10.1 Å². The van der Waals surface area contributed by atoms with Crippen LogP contribution in [0.25, 0.3) is 11.1 Å². The first-order chi connectivity index (χ1) is 15.5. The third-order valence-corrected chi connectivity index (χ3v) is 4.86. The van der Waals surface area contributed by atoms with Gasteiger partial charge in [0.15, 0.2) is 11.5 Å². The number of anilines is 1. The zero-order valence-corrected chi connectivity index (χ0v) is 18.8. The summed E-state index contributed by atoms with van der Waals surface area (Å²) in [5.41, 5.74) is -0.0320. The van der Waals surface area contributed by atoms with Crippen molar-refractivity contribution in [2.45, 2.75) is 27.2 Å². The van der Waals surface area contributed by atoms with Crippen molar-refractivity contribution in [3.8, 4) is 22.6 Å². The number of carbonyl (C=O) groups is 2. The summed E-state index contributed by atoms with van der Waals surface area (Å²) in [5.74, 6) is -2.17. The Morgan fingerprint density at radius 1 is 1.12 bits per heavy atom. The third kappa shape index (κ3) is 5.46. The minimum absolute atomic E-state index is 0.105. The number of phenols is 1. The van der Waals surface area contributed by atoms with Crippen molar-refractivity contribution in [2.24, 2.45) is 5.41 Å². The van der Waals surface area contributed by atoms with Crippen LogP contribution in [-0.4, -0.2) is 28.9 Å². The first-order valence-corrected chi connectivity index (χ1v) is 10.2. The van der Waals surface area contributed by atoms with Gasteiger partial charge in [-0.25, -0.2) is 4.39 Å². The van der Waals surface area contributed by atoms with Gasteiger partial charge < -0.3 is 20.1 Å². The number of aromatic nitrogens is 1. The van der Waals surface area contributed by atoms with E-state index >= 15 is 0 Å². The fourth-order valence-corrected chi connectivity index (χ4v) is 3.41. The summed E-state index contributed by atoms with van der Waals surface area (Å²) in [7, 11) is 1.36. The Labute approximate surface area is 190 Å². The molecule has 2 aromatic carbocycles. The molecule has 0 spiro atoms. The number of hydrogen-bond donors (Lipinski definition) is 3. The van der Waals surface area contributed by atoms with Gasteiger partial charge in [0.05, 0.1) is 23.9 Å². The molecule has 0 radical (unpaired) electrons. The van der Waals surface area contributed by atoms with Gasteiger partial charge in [-0.05, 0) is 47.4 Å². The van der Waals surface area contributed by atoms with E-state index in [1.165, 1.54) is 25.4 Å². The van der Waals surface area contributed by atoms with E-state index in [9.17, 15) is 23.9 Å². The van der Waals surface area contributed by atoms with Crippen LogP contribution in [-0.2, 0) is 0 Å². The Kier molecular flexibility index (Phi) is 6.67. The lowest BCUT2D eigenvalue weighted by Gasteiger charge is -2.20. The van der Waals surface area contributed by atoms with E-state index in [2.05, 4.69) is 10.3 Å². The summed E-state index contributed by atoms with van der Waals surface area (Å²) in [4.78, 5) is 40.9. The average Bonchev–Trinajstić information content (AvgIpc) is 2.72. The number of pyridine rings is 1. The van der Waals surface area contributed by atoms with Crippen molar-refractivity contribution in [1.82, 2.24) is 4.98 Å². The minimum Gasteiger partial charge on any atom is -0.508 e. The molecule has 0 fully saturated rings. The number of halogens is 1. The molecule has 3 N–H and O–H groups in total. The van der Waals surface area contributed by atoms with Gasteiger partial charge in [-0.15, -0.1) is 0 Å². The van der Waals surface area contributed by atoms with E-state index in [0.717, 1.165) is 12.1 Å². The molecular weight excluding hydrogens is 427 g/mol. The smallest absolute Gasteiger partial charge is 0.258 e. The number of hydrogen-bond acceptors (Lipinski definition) is 5. The molecule has 0 bridgehead atoms. The maximum absolute atomic E-state index is 14.2. The topological polar surface area (TPSA) is 108 Å². The molecule has 0 aliphatic carbocycles. The summed E-state index contributed by atoms with van der Waals surface area (Å²) in [5, 5.41) is 12.0. The highest BCUT2D eigenvalue weighted by molar-refractivity contribution is 6.08. The molecule has 1 aromatic heterocycles. The third-order valence-electron chi connectivity index (χ3n) is 4.86. The summed E-state index contributed by atoms with van der Waals surface area (Å²) in [6.45, 7) is 5.75. The lowest BCUT2D eigenvalue weighted by Crippen LogP contribution is -2.18. The highest BCUT2D eigenvalue weighted by Gasteiger charge is 2.25. The maximum Gasteiger partial charge on any atom is 0.258 e. The number of benzene rings is 2. The van der Waals surface area contributed by atoms with Crippen LogP contribution in [0.5, 0.6) is 11.5 Å². The average molecular weight is 452 g/mol. The highest BCUT2D eigenvalue weighted by Crippen LogP contribution is 2.36. The summed E-state index contributed by atoms with van der Waals surface area (Å²) in [6.07, 6.45) is 1.68. The Morgan fingerprint density at radius 2 is 1.85 bits per heavy atom. The molecule has 7 nitrogen and oxygen atoms in total. The Bertz CT molecular complexity index is 1270. The van der Waals surface area contributed by atoms with Crippen LogP contribution in [0.3, 0.4) is 0 Å². The number of ether oxygens (including phenoxy) is 1. The number of rotatable bonds is 6. The first kappa shape index (κ1) is 23.7. The number of aromatic amines is 1. The number of carbonyl (C=O) groups excluding carboxylic acids is 2. The summed E-state index contributed by atoms with van der Waals surface area (Å²) >= 11 is 0. The molecule has 3 aromatic rings. The number of nitrogens with one attached hydrogen (secondary N) is 2. The van der Waals surface area contributed by atoms with Crippen LogP contribution in [0.15, 0.2) is 53.5 Å². The second-order valence-electron chi connectivity index (χ2n) is 8.80. The van der Waals surface area contributed by atoms with E-state index in [4.69, 9.17) is 4.74 Å². The van der Waals surface area contributed by atoms with E-state index < -0.39 is 11.7 Å². The van der Waals surface area contributed by atoms with Crippen molar-refractivity contribution in [2.75, 3.05) is 12.4 Å². The molecule has 8 heteroatoms. The number of Topliss-reactive ketones (excluding diaryl/α,β-unsaturated/α-hetero) is 1. The van der Waals surface area contributed by atoms with Crippen molar-refractivity contribution >= 4 is 17.4 Å². The zero-order valence-electron chi connectivity index (χ0n) is 18.8. The molecule has 0 unspecified atom stereocenters. The van der Waals surface area contributed by atoms with Crippen molar-refractivity contribution in [1.29, 1.82) is 0 Å². The van der Waals surface area contributed by atoms with Gasteiger partial charge >= 0.3 is 0 Å². The number of amides is 1. The predicted molar refractivity (Wildman–Crippen MR) is 123 cm³/mol. The Morgan fingerprint density at radius 3 is 2.45 bits per heavy atom. The predicted octanol–water partition coefficient (Wildman–Crippen LogP) is 4.77. The van der Waals surface area contributed by atoms with Gasteiger partial charge in [0.1, 0.15) is 11.6 Å². The standard InChI is InChI=1S/C25H25FN2O5/c1-25(2,3)13-21(30)18-10-14(16-6-5-9-27-23(16)31)11-20(22(18)33-4)28-24(32)17-8-7-15(29)12-19(17)26/h5-12,29H,13H2,1-4H3,(H,27,31)(H,28,32). The molecule has 172 valence electrons. The second-order valence-corrected chi connectivity index (χ2v) is 8.80. The van der Waals surface area contributed by atoms with Crippen LogP contribution >= 0.6 is 0 Å². The SMILES string of the molecule is COc1c(NC(=O)c2ccc(O)cc2F)cc(-c2ccc[nH]c2=O)cc1C(=O)CC(C)(C)C. The van der Waals surface area contributed by atoms with Gasteiger partial charge in [0, 0.05) is 24.2 Å². The lowest BCUT2D eigenvalue weighted by atomic mass is 9.86. The summed E-state index contributed by atoms with van der Waals surface area (Å²) < 4.78 is 19.7. The van der Waals surface area contributed by atoms with E-state index in [-0.39, 0.29) is 57.1 Å². The quantitative estimate of drug-likeness (QED) is 0.467. The lowest BCUT2D eigenvalue weighted by molar-refractivity contribution is 0.0935. The molecule has 1 heterocycles. The first-order valence-electron chi connectivity index (χ1n) is 10.2. The van der Waals surface area contributed by atoms with Gasteiger partial charge in [0.2, 0.25) is 0 Å². The molecule has 3 rings (SSSR count). The largest absolute Gasteiger partial charge is 0.508 e. The number of aromatic hydroxyl groups is 1. The van der Waals surface area contributed by atoms with Crippen LogP contribution in [0.2, 0.25) is 0 Å². The van der Waals surface area contributed by atoms with Crippen LogP contribution in [0, 0.1) is 11.2 Å².